The fourth-order valence-electron chi connectivity index (χ4n) is 4.57. The van der Waals surface area contributed by atoms with Crippen LogP contribution in [0.4, 0.5) is 8.78 Å². The Morgan fingerprint density at radius 3 is 2.65 bits per heavy atom. The van der Waals surface area contributed by atoms with Crippen LogP contribution in [0.25, 0.3) is 0 Å². The molecule has 194 valence electrons. The summed E-state index contributed by atoms with van der Waals surface area (Å²) in [7, 11) is 0. The lowest BCUT2D eigenvalue weighted by atomic mass is 9.97. The van der Waals surface area contributed by atoms with E-state index >= 15 is 0 Å². The molecule has 37 heavy (non-hydrogen) atoms. The molecule has 2 aliphatic heterocycles. The van der Waals surface area contributed by atoms with Gasteiger partial charge < -0.3 is 9.57 Å². The van der Waals surface area contributed by atoms with E-state index in [4.69, 9.17) is 37.8 Å². The van der Waals surface area contributed by atoms with Crippen LogP contribution in [-0.4, -0.2) is 47.6 Å². The first-order valence-corrected chi connectivity index (χ1v) is 13.5. The van der Waals surface area contributed by atoms with Crippen LogP contribution >= 0.6 is 34.5 Å². The first-order chi connectivity index (χ1) is 17.9. The summed E-state index contributed by atoms with van der Waals surface area (Å²) in [5.74, 6) is -0.595. The lowest BCUT2D eigenvalue weighted by Gasteiger charge is -2.32. The van der Waals surface area contributed by atoms with E-state index in [0.717, 1.165) is 37.2 Å². The number of aromatic nitrogens is 1. The Bertz CT molecular complexity index is 1290. The van der Waals surface area contributed by atoms with E-state index in [1.54, 1.807) is 29.5 Å². The summed E-state index contributed by atoms with van der Waals surface area (Å²) in [5.41, 5.74) is 1.15. The Labute approximate surface area is 226 Å². The minimum atomic E-state index is -0.805. The van der Waals surface area contributed by atoms with Gasteiger partial charge in [-0.05, 0) is 56.3 Å². The number of thiazole rings is 1. The van der Waals surface area contributed by atoms with Crippen LogP contribution in [0, 0.1) is 11.6 Å². The standard InChI is InChI=1S/C26H23Cl2F2N3O3S/c27-16-4-5-23(18(28)10-16)35-17(13-34)12-33-8-6-15(7-9-33)26-31-22(14-37-26)21-11-24(36-32-21)25-19(29)2-1-3-20(25)30/h1-5,10,13-15,17,24H,6-9,11-12H2/t17?,24-/m1/s1. The highest BCUT2D eigenvalue weighted by Crippen LogP contribution is 2.35. The van der Waals surface area contributed by atoms with Gasteiger partial charge in [-0.1, -0.05) is 34.4 Å². The number of halogens is 4. The molecule has 3 heterocycles. The van der Waals surface area contributed by atoms with E-state index in [1.807, 2.05) is 5.38 Å². The maximum Gasteiger partial charge on any atom is 0.166 e. The van der Waals surface area contributed by atoms with Crippen molar-refractivity contribution in [3.8, 4) is 5.75 Å². The summed E-state index contributed by atoms with van der Waals surface area (Å²) in [4.78, 5) is 23.9. The fourth-order valence-corrected chi connectivity index (χ4v) is 6.02. The number of hydrogen-bond donors (Lipinski definition) is 0. The molecule has 3 aromatic rings. The minimum absolute atomic E-state index is 0.111. The van der Waals surface area contributed by atoms with Gasteiger partial charge in [-0.2, -0.15) is 0 Å². The van der Waals surface area contributed by atoms with E-state index < -0.39 is 23.8 Å². The van der Waals surface area contributed by atoms with Gasteiger partial charge in [-0.25, -0.2) is 13.8 Å². The average molecular weight is 566 g/mol. The molecule has 2 aromatic carbocycles. The molecular formula is C26H23Cl2F2N3O3S. The van der Waals surface area contributed by atoms with Gasteiger partial charge in [-0.15, -0.1) is 11.3 Å². The molecule has 2 aliphatic rings. The second-order valence-electron chi connectivity index (χ2n) is 8.98. The van der Waals surface area contributed by atoms with Crippen LogP contribution < -0.4 is 4.74 Å². The molecule has 1 fully saturated rings. The number of ether oxygens (including phenoxy) is 1. The lowest BCUT2D eigenvalue weighted by Crippen LogP contribution is -2.41. The molecule has 1 aromatic heterocycles. The zero-order valence-corrected chi connectivity index (χ0v) is 21.9. The van der Waals surface area contributed by atoms with Crippen LogP contribution in [0.2, 0.25) is 10.0 Å². The van der Waals surface area contributed by atoms with Gasteiger partial charge in [0.25, 0.3) is 0 Å². The molecular weight excluding hydrogens is 543 g/mol. The molecule has 0 amide bonds. The van der Waals surface area contributed by atoms with Crippen molar-refractivity contribution in [3.05, 3.63) is 79.7 Å². The van der Waals surface area contributed by atoms with Crippen molar-refractivity contribution in [3.63, 3.8) is 0 Å². The number of aldehydes is 1. The van der Waals surface area contributed by atoms with Gasteiger partial charge in [-0.3, -0.25) is 9.69 Å². The summed E-state index contributed by atoms with van der Waals surface area (Å²) < 4.78 is 34.1. The van der Waals surface area contributed by atoms with Crippen molar-refractivity contribution in [2.75, 3.05) is 19.6 Å². The summed E-state index contributed by atoms with van der Waals surface area (Å²) in [6.07, 6.45) is 1.35. The van der Waals surface area contributed by atoms with Crippen LogP contribution in [0.3, 0.4) is 0 Å². The number of nitrogens with zero attached hydrogens (tertiary/aromatic N) is 3. The SMILES string of the molecule is O=CC(CN1CCC(c2nc(C3=NO[C@@H](c4c(F)cccc4F)C3)cs2)CC1)Oc1ccc(Cl)cc1Cl. The van der Waals surface area contributed by atoms with Crippen molar-refractivity contribution in [2.24, 2.45) is 5.16 Å². The normalized spacial score (nSPS) is 19.4. The van der Waals surface area contributed by atoms with E-state index in [2.05, 4.69) is 10.1 Å². The molecule has 11 heteroatoms. The predicted molar refractivity (Wildman–Crippen MR) is 139 cm³/mol. The van der Waals surface area contributed by atoms with Crippen LogP contribution in [-0.2, 0) is 9.63 Å². The third kappa shape index (κ3) is 5.95. The Morgan fingerprint density at radius 2 is 1.95 bits per heavy atom. The molecule has 1 saturated heterocycles. The van der Waals surface area contributed by atoms with Crippen LogP contribution in [0.15, 0.2) is 46.9 Å². The molecule has 6 nitrogen and oxygen atoms in total. The molecule has 0 spiro atoms. The number of likely N-dealkylation sites (tertiary alicyclic amines) is 1. The third-order valence-electron chi connectivity index (χ3n) is 6.51. The monoisotopic (exact) mass is 565 g/mol. The maximum absolute atomic E-state index is 14.1. The molecule has 5 rings (SSSR count). The Hall–Kier alpha value is -2.59. The number of piperidine rings is 1. The zero-order valence-electron chi connectivity index (χ0n) is 19.6. The fraction of sp³-hybridized carbons (Fsp3) is 0.346. The number of benzene rings is 2. The number of carbonyl (C=O) groups excluding carboxylic acids is 1. The number of carbonyl (C=O) groups is 1. The predicted octanol–water partition coefficient (Wildman–Crippen LogP) is 6.42. The summed E-state index contributed by atoms with van der Waals surface area (Å²) in [5, 5.41) is 7.83. The number of rotatable bonds is 8. The summed E-state index contributed by atoms with van der Waals surface area (Å²) >= 11 is 13.6. The molecule has 2 atom stereocenters. The molecule has 0 N–H and O–H groups in total. The van der Waals surface area contributed by atoms with E-state index in [0.29, 0.717) is 33.7 Å². The van der Waals surface area contributed by atoms with Gasteiger partial charge in [0, 0.05) is 29.3 Å². The second-order valence-corrected chi connectivity index (χ2v) is 10.7. The smallest absolute Gasteiger partial charge is 0.166 e. The zero-order chi connectivity index (χ0) is 25.9. The molecule has 0 aliphatic carbocycles. The second kappa shape index (κ2) is 11.4. The maximum atomic E-state index is 14.1. The molecule has 0 radical (unpaired) electrons. The van der Waals surface area contributed by atoms with E-state index in [1.165, 1.54) is 18.2 Å². The largest absolute Gasteiger partial charge is 0.480 e. The van der Waals surface area contributed by atoms with Gasteiger partial charge in [0.05, 0.1) is 21.3 Å². The Morgan fingerprint density at radius 1 is 1.19 bits per heavy atom. The minimum Gasteiger partial charge on any atom is -0.480 e. The topological polar surface area (TPSA) is 64.0 Å². The van der Waals surface area contributed by atoms with E-state index in [-0.39, 0.29) is 17.9 Å². The lowest BCUT2D eigenvalue weighted by molar-refractivity contribution is -0.114. The number of hydrogen-bond acceptors (Lipinski definition) is 7. The van der Waals surface area contributed by atoms with Crippen molar-refractivity contribution in [1.82, 2.24) is 9.88 Å². The average Bonchev–Trinajstić information content (AvgIpc) is 3.56. The van der Waals surface area contributed by atoms with Gasteiger partial charge in [0.1, 0.15) is 23.1 Å². The first-order valence-electron chi connectivity index (χ1n) is 11.8. The van der Waals surface area contributed by atoms with Crippen molar-refractivity contribution < 1.29 is 23.1 Å². The molecule has 0 saturated carbocycles. The Kier molecular flexibility index (Phi) is 8.04. The molecule has 1 unspecified atom stereocenters. The van der Waals surface area contributed by atoms with Gasteiger partial charge in [0.2, 0.25) is 0 Å². The van der Waals surface area contributed by atoms with E-state index in [9.17, 15) is 13.6 Å². The summed E-state index contributed by atoms with van der Waals surface area (Å²) in [6.45, 7) is 2.04. The highest BCUT2D eigenvalue weighted by molar-refractivity contribution is 7.10. The van der Waals surface area contributed by atoms with Crippen molar-refractivity contribution in [2.45, 2.75) is 37.4 Å². The summed E-state index contributed by atoms with van der Waals surface area (Å²) in [6, 6.07) is 8.65. The quantitative estimate of drug-likeness (QED) is 0.295. The van der Waals surface area contributed by atoms with Gasteiger partial charge >= 0.3 is 0 Å². The molecule has 0 bridgehead atoms. The van der Waals surface area contributed by atoms with Crippen LogP contribution in [0.5, 0.6) is 5.75 Å². The first kappa shape index (κ1) is 26.0. The van der Waals surface area contributed by atoms with Gasteiger partial charge in [0.15, 0.2) is 18.5 Å². The Balaban J connectivity index is 1.14. The highest BCUT2D eigenvalue weighted by atomic mass is 35.5. The van der Waals surface area contributed by atoms with Crippen LogP contribution in [0.1, 0.15) is 47.5 Å². The number of oxime groups is 1. The van der Waals surface area contributed by atoms with Crippen molar-refractivity contribution in [1.29, 1.82) is 0 Å². The van der Waals surface area contributed by atoms with Crippen molar-refractivity contribution >= 4 is 46.5 Å². The third-order valence-corrected chi connectivity index (χ3v) is 8.04. The highest BCUT2D eigenvalue weighted by Gasteiger charge is 2.31.